The lowest BCUT2D eigenvalue weighted by molar-refractivity contribution is 0.524. The molecule has 0 radical (unpaired) electrons. The first-order valence-corrected chi connectivity index (χ1v) is 5.30. The molecule has 1 aromatic carbocycles. The SMILES string of the molecule is Cc1nc2cc(N)ccc2n1CC(C)C. The van der Waals surface area contributed by atoms with Crippen molar-refractivity contribution in [3.8, 4) is 0 Å². The number of imidazole rings is 1. The predicted molar refractivity (Wildman–Crippen MR) is 63.7 cm³/mol. The number of aromatic nitrogens is 2. The molecule has 0 aliphatic rings. The number of anilines is 1. The molecule has 0 fully saturated rings. The monoisotopic (exact) mass is 203 g/mol. The molecule has 80 valence electrons. The van der Waals surface area contributed by atoms with Gasteiger partial charge in [0.05, 0.1) is 11.0 Å². The van der Waals surface area contributed by atoms with Crippen molar-refractivity contribution in [1.29, 1.82) is 0 Å². The summed E-state index contributed by atoms with van der Waals surface area (Å²) in [5.41, 5.74) is 8.68. The summed E-state index contributed by atoms with van der Waals surface area (Å²) in [7, 11) is 0. The average molecular weight is 203 g/mol. The van der Waals surface area contributed by atoms with E-state index in [1.165, 1.54) is 5.52 Å². The molecule has 2 aromatic rings. The van der Waals surface area contributed by atoms with Gasteiger partial charge in [-0.2, -0.15) is 0 Å². The van der Waals surface area contributed by atoms with E-state index in [9.17, 15) is 0 Å². The second-order valence-corrected chi connectivity index (χ2v) is 4.41. The smallest absolute Gasteiger partial charge is 0.106 e. The summed E-state index contributed by atoms with van der Waals surface area (Å²) in [6.45, 7) is 7.47. The molecule has 3 heteroatoms. The summed E-state index contributed by atoms with van der Waals surface area (Å²) in [6.07, 6.45) is 0. The third kappa shape index (κ3) is 1.82. The summed E-state index contributed by atoms with van der Waals surface area (Å²) in [4.78, 5) is 4.51. The van der Waals surface area contributed by atoms with Gasteiger partial charge in [-0.3, -0.25) is 0 Å². The van der Waals surface area contributed by atoms with E-state index in [2.05, 4.69) is 23.4 Å². The Labute approximate surface area is 89.9 Å². The number of benzene rings is 1. The number of nitrogens with two attached hydrogens (primary N) is 1. The average Bonchev–Trinajstić information content (AvgIpc) is 2.41. The van der Waals surface area contributed by atoms with Crippen LogP contribution in [0.3, 0.4) is 0 Å². The second kappa shape index (κ2) is 3.57. The Kier molecular flexibility index (Phi) is 2.39. The Hall–Kier alpha value is -1.51. The minimum atomic E-state index is 0.624. The summed E-state index contributed by atoms with van der Waals surface area (Å²) >= 11 is 0. The minimum absolute atomic E-state index is 0.624. The zero-order chi connectivity index (χ0) is 11.0. The van der Waals surface area contributed by atoms with Crippen molar-refractivity contribution in [3.05, 3.63) is 24.0 Å². The molecule has 0 bridgehead atoms. The number of nitrogens with zero attached hydrogens (tertiary/aromatic N) is 2. The maximum absolute atomic E-state index is 5.74. The molecule has 0 spiro atoms. The summed E-state index contributed by atoms with van der Waals surface area (Å²) < 4.78 is 2.25. The first-order chi connectivity index (χ1) is 7.08. The quantitative estimate of drug-likeness (QED) is 0.762. The van der Waals surface area contributed by atoms with Crippen LogP contribution in [0.5, 0.6) is 0 Å². The molecule has 0 atom stereocenters. The van der Waals surface area contributed by atoms with Gasteiger partial charge in [0.2, 0.25) is 0 Å². The molecule has 0 aliphatic carbocycles. The van der Waals surface area contributed by atoms with Crippen LogP contribution in [0.4, 0.5) is 5.69 Å². The van der Waals surface area contributed by atoms with Gasteiger partial charge in [0.25, 0.3) is 0 Å². The van der Waals surface area contributed by atoms with Crippen LogP contribution in [-0.2, 0) is 6.54 Å². The van der Waals surface area contributed by atoms with Crippen LogP contribution in [0.1, 0.15) is 19.7 Å². The van der Waals surface area contributed by atoms with Crippen LogP contribution >= 0.6 is 0 Å². The van der Waals surface area contributed by atoms with Crippen LogP contribution in [-0.4, -0.2) is 9.55 Å². The molecule has 15 heavy (non-hydrogen) atoms. The van der Waals surface area contributed by atoms with Gasteiger partial charge in [0.1, 0.15) is 5.82 Å². The standard InChI is InChI=1S/C12H17N3/c1-8(2)7-15-9(3)14-11-6-10(13)4-5-12(11)15/h4-6,8H,7,13H2,1-3H3. The van der Waals surface area contributed by atoms with Crippen molar-refractivity contribution in [3.63, 3.8) is 0 Å². The fraction of sp³-hybridized carbons (Fsp3) is 0.417. The van der Waals surface area contributed by atoms with E-state index in [1.807, 2.05) is 25.1 Å². The molecule has 3 nitrogen and oxygen atoms in total. The molecule has 0 amide bonds. The highest BCUT2D eigenvalue weighted by Gasteiger charge is 2.08. The summed E-state index contributed by atoms with van der Waals surface area (Å²) in [5, 5.41) is 0. The van der Waals surface area contributed by atoms with E-state index in [0.29, 0.717) is 5.92 Å². The zero-order valence-electron chi connectivity index (χ0n) is 9.49. The van der Waals surface area contributed by atoms with Crippen LogP contribution in [0.15, 0.2) is 18.2 Å². The maximum atomic E-state index is 5.74. The van der Waals surface area contributed by atoms with Gasteiger partial charge in [-0.15, -0.1) is 0 Å². The van der Waals surface area contributed by atoms with Gasteiger partial charge in [0.15, 0.2) is 0 Å². The molecule has 0 saturated carbocycles. The highest BCUT2D eigenvalue weighted by atomic mass is 15.1. The third-order valence-electron chi connectivity index (χ3n) is 2.51. The molecule has 0 aliphatic heterocycles. The first-order valence-electron chi connectivity index (χ1n) is 5.30. The Morgan fingerprint density at radius 2 is 2.13 bits per heavy atom. The van der Waals surface area contributed by atoms with Crippen molar-refractivity contribution in [2.75, 3.05) is 5.73 Å². The van der Waals surface area contributed by atoms with E-state index < -0.39 is 0 Å². The van der Waals surface area contributed by atoms with Gasteiger partial charge in [-0.25, -0.2) is 4.98 Å². The molecular weight excluding hydrogens is 186 g/mol. The van der Waals surface area contributed by atoms with Crippen molar-refractivity contribution >= 4 is 16.7 Å². The number of fused-ring (bicyclic) bond motifs is 1. The molecule has 0 unspecified atom stereocenters. The number of nitrogen functional groups attached to an aromatic ring is 1. The Balaban J connectivity index is 2.58. The lowest BCUT2D eigenvalue weighted by Crippen LogP contribution is -2.05. The fourth-order valence-electron chi connectivity index (χ4n) is 1.86. The normalized spacial score (nSPS) is 11.5. The topological polar surface area (TPSA) is 43.8 Å². The Morgan fingerprint density at radius 3 is 2.80 bits per heavy atom. The lowest BCUT2D eigenvalue weighted by atomic mass is 10.2. The summed E-state index contributed by atoms with van der Waals surface area (Å²) in [6, 6.07) is 5.91. The van der Waals surface area contributed by atoms with E-state index in [0.717, 1.165) is 23.6 Å². The highest BCUT2D eigenvalue weighted by Crippen LogP contribution is 2.19. The van der Waals surface area contributed by atoms with Gasteiger partial charge >= 0.3 is 0 Å². The lowest BCUT2D eigenvalue weighted by Gasteiger charge is -2.09. The van der Waals surface area contributed by atoms with E-state index in [-0.39, 0.29) is 0 Å². The van der Waals surface area contributed by atoms with Gasteiger partial charge in [0, 0.05) is 12.2 Å². The highest BCUT2D eigenvalue weighted by molar-refractivity contribution is 5.79. The zero-order valence-corrected chi connectivity index (χ0v) is 9.49. The van der Waals surface area contributed by atoms with Gasteiger partial charge < -0.3 is 10.3 Å². The molecule has 1 heterocycles. The largest absolute Gasteiger partial charge is 0.399 e. The van der Waals surface area contributed by atoms with Crippen LogP contribution in [0, 0.1) is 12.8 Å². The number of rotatable bonds is 2. The van der Waals surface area contributed by atoms with Gasteiger partial charge in [-0.1, -0.05) is 13.8 Å². The molecule has 2 N–H and O–H groups in total. The number of aryl methyl sites for hydroxylation is 1. The number of hydrogen-bond donors (Lipinski definition) is 1. The minimum Gasteiger partial charge on any atom is -0.399 e. The predicted octanol–water partition coefficient (Wildman–Crippen LogP) is 2.58. The van der Waals surface area contributed by atoms with E-state index in [4.69, 9.17) is 5.73 Å². The third-order valence-corrected chi connectivity index (χ3v) is 2.51. The fourth-order valence-corrected chi connectivity index (χ4v) is 1.86. The van der Waals surface area contributed by atoms with Crippen LogP contribution in [0.25, 0.3) is 11.0 Å². The van der Waals surface area contributed by atoms with E-state index in [1.54, 1.807) is 0 Å². The molecular formula is C12H17N3. The van der Waals surface area contributed by atoms with Crippen molar-refractivity contribution in [1.82, 2.24) is 9.55 Å². The molecule has 2 rings (SSSR count). The second-order valence-electron chi connectivity index (χ2n) is 4.41. The summed E-state index contributed by atoms with van der Waals surface area (Å²) in [5.74, 6) is 1.68. The number of hydrogen-bond acceptors (Lipinski definition) is 2. The van der Waals surface area contributed by atoms with Gasteiger partial charge in [-0.05, 0) is 31.0 Å². The van der Waals surface area contributed by atoms with E-state index >= 15 is 0 Å². The molecule has 0 saturated heterocycles. The van der Waals surface area contributed by atoms with Crippen LogP contribution < -0.4 is 5.73 Å². The van der Waals surface area contributed by atoms with Crippen molar-refractivity contribution in [2.45, 2.75) is 27.3 Å². The Bertz CT molecular complexity index is 483. The Morgan fingerprint density at radius 1 is 1.40 bits per heavy atom. The van der Waals surface area contributed by atoms with Crippen molar-refractivity contribution < 1.29 is 0 Å². The van der Waals surface area contributed by atoms with Crippen LogP contribution in [0.2, 0.25) is 0 Å². The molecule has 1 aromatic heterocycles. The maximum Gasteiger partial charge on any atom is 0.106 e. The first kappa shape index (κ1) is 10.0. The van der Waals surface area contributed by atoms with Crippen molar-refractivity contribution in [2.24, 2.45) is 5.92 Å².